The number of nitrogens with zero attached hydrogens (tertiary/aromatic N) is 3. The minimum absolute atomic E-state index is 0.0738. The molecule has 5 aliphatic rings. The molecule has 0 radical (unpaired) electrons. The van der Waals surface area contributed by atoms with Crippen LogP contribution in [0.15, 0.2) is 48.6 Å². The van der Waals surface area contributed by atoms with E-state index in [-0.39, 0.29) is 67.8 Å². The second-order valence-corrected chi connectivity index (χ2v) is 19.9. The van der Waals surface area contributed by atoms with E-state index in [0.29, 0.717) is 43.4 Å². The number of hydrogen-bond donors (Lipinski definition) is 2. The number of aromatic nitrogens is 1. The SMILES string of the molecule is COc1ccc(-c2cccc(C(=O)N3C[C@H]4CN5C(=O)[C@@H](CC(=O)OCC(C)(C)C)CCCCC/C=C\[C@@H]6C[C@@]6(C(=O)NS(=O)(=O)C6CC6)NC(=O)[C@@H]5[C@H]4C3)n2)cc1F. The van der Waals surface area contributed by atoms with E-state index in [2.05, 4.69) is 15.0 Å². The van der Waals surface area contributed by atoms with Crippen LogP contribution in [0.4, 0.5) is 4.39 Å². The monoisotopic (exact) mass is 835 g/mol. The Labute approximate surface area is 344 Å². The van der Waals surface area contributed by atoms with Gasteiger partial charge in [0.1, 0.15) is 17.3 Å². The van der Waals surface area contributed by atoms with Crippen molar-refractivity contribution in [1.29, 1.82) is 0 Å². The fraction of sp³-hybridized carbons (Fsp3) is 0.581. The Morgan fingerprint density at radius 1 is 1.03 bits per heavy atom. The molecule has 1 aromatic carbocycles. The second-order valence-electron chi connectivity index (χ2n) is 18.0. The number of esters is 1. The summed E-state index contributed by atoms with van der Waals surface area (Å²) < 4.78 is 53.3. The molecule has 2 aromatic rings. The predicted molar refractivity (Wildman–Crippen MR) is 214 cm³/mol. The first kappa shape index (κ1) is 42.3. The molecule has 4 fully saturated rings. The van der Waals surface area contributed by atoms with Gasteiger partial charge in [0, 0.05) is 48.9 Å². The first-order chi connectivity index (χ1) is 28.0. The smallest absolute Gasteiger partial charge is 0.306 e. The van der Waals surface area contributed by atoms with Crippen LogP contribution in [-0.4, -0.2) is 103 Å². The summed E-state index contributed by atoms with van der Waals surface area (Å²) in [6.45, 7) is 6.42. The molecule has 1 aromatic heterocycles. The number of nitrogens with one attached hydrogen (secondary N) is 2. The molecule has 4 heterocycles. The van der Waals surface area contributed by atoms with Crippen LogP contribution in [0, 0.1) is 34.9 Å². The van der Waals surface area contributed by atoms with Crippen molar-refractivity contribution < 1.29 is 46.3 Å². The Hall–Kier alpha value is -4.86. The number of carbonyl (C=O) groups is 5. The standard InChI is InChI=1S/C43H54FN5O9S/c1-42(2,3)25-58-36(50)20-27-11-8-6-5-7-9-12-29-21-43(29,41(54)47-59(55,56)30-16-17-30)46-38(51)37-31-24-48(22-28(31)23-49(37)39(27)52)40(53)34-14-10-13-33(45-34)26-15-18-35(57-4)32(44)19-26/h9-10,12-15,18-19,27-31,37H,5-8,11,16-17,20-25H2,1-4H3,(H,46,51)(H,47,54)/b12-9-/t27-,28+,29-,31+,37+,43-/m1/s1. The van der Waals surface area contributed by atoms with Gasteiger partial charge in [-0.15, -0.1) is 0 Å². The number of amides is 4. The van der Waals surface area contributed by atoms with Gasteiger partial charge in [0.05, 0.1) is 31.1 Å². The first-order valence-corrected chi connectivity index (χ1v) is 22.2. The summed E-state index contributed by atoms with van der Waals surface area (Å²) in [5.41, 5.74) is -0.878. The van der Waals surface area contributed by atoms with Crippen molar-refractivity contribution in [3.05, 3.63) is 60.1 Å². The van der Waals surface area contributed by atoms with Crippen molar-refractivity contribution in [2.75, 3.05) is 33.4 Å². The fourth-order valence-corrected chi connectivity index (χ4v) is 9.99. The van der Waals surface area contributed by atoms with Crippen LogP contribution in [0.3, 0.4) is 0 Å². The lowest BCUT2D eigenvalue weighted by Gasteiger charge is -2.32. The van der Waals surface area contributed by atoms with E-state index < -0.39 is 74.1 Å². The van der Waals surface area contributed by atoms with Crippen LogP contribution in [-0.2, 0) is 33.9 Å². The number of allylic oxidation sites excluding steroid dienone is 1. The Bertz CT molecular complexity index is 2140. The van der Waals surface area contributed by atoms with Gasteiger partial charge in [-0.25, -0.2) is 17.8 Å². The molecule has 14 nitrogen and oxygen atoms in total. The topological polar surface area (TPSA) is 181 Å². The van der Waals surface area contributed by atoms with E-state index >= 15 is 0 Å². The van der Waals surface area contributed by atoms with Crippen molar-refractivity contribution >= 4 is 39.6 Å². The van der Waals surface area contributed by atoms with Crippen molar-refractivity contribution in [1.82, 2.24) is 24.8 Å². The Kier molecular flexibility index (Phi) is 11.9. The number of sulfonamides is 1. The van der Waals surface area contributed by atoms with Crippen molar-refractivity contribution in [2.24, 2.45) is 29.1 Å². The van der Waals surface area contributed by atoms with E-state index in [9.17, 15) is 36.8 Å². The third-order valence-electron chi connectivity index (χ3n) is 12.1. The molecule has 16 heteroatoms. The molecule has 0 unspecified atom stereocenters. The van der Waals surface area contributed by atoms with Gasteiger partial charge in [-0.05, 0) is 74.3 Å². The number of ether oxygens (including phenoxy) is 2. The van der Waals surface area contributed by atoms with Crippen LogP contribution in [0.2, 0.25) is 0 Å². The zero-order chi connectivity index (χ0) is 42.3. The molecule has 7 rings (SSSR count). The molecule has 0 bridgehead atoms. The molecular formula is C43H54FN5O9S. The van der Waals surface area contributed by atoms with Gasteiger partial charge >= 0.3 is 5.97 Å². The molecule has 2 N–H and O–H groups in total. The summed E-state index contributed by atoms with van der Waals surface area (Å²) in [5.74, 6) is -5.32. The Morgan fingerprint density at radius 2 is 1.81 bits per heavy atom. The summed E-state index contributed by atoms with van der Waals surface area (Å²) in [4.78, 5) is 78.2. The summed E-state index contributed by atoms with van der Waals surface area (Å²) in [6, 6.07) is 8.16. The quantitative estimate of drug-likeness (QED) is 0.272. The van der Waals surface area contributed by atoms with Crippen molar-refractivity contribution in [3.63, 3.8) is 0 Å². The van der Waals surface area contributed by atoms with E-state index in [1.807, 2.05) is 32.9 Å². The number of benzene rings is 1. The maximum atomic E-state index is 14.7. The summed E-state index contributed by atoms with van der Waals surface area (Å²) in [5, 5.41) is 2.27. The minimum Gasteiger partial charge on any atom is -0.494 e. The van der Waals surface area contributed by atoms with Crippen LogP contribution in [0.1, 0.15) is 89.0 Å². The normalized spacial score (nSPS) is 27.9. The van der Waals surface area contributed by atoms with Gasteiger partial charge in [-0.1, -0.05) is 51.8 Å². The van der Waals surface area contributed by atoms with E-state index in [1.165, 1.54) is 24.1 Å². The van der Waals surface area contributed by atoms with Gasteiger partial charge in [-0.2, -0.15) is 0 Å². The largest absolute Gasteiger partial charge is 0.494 e. The lowest BCUT2D eigenvalue weighted by Crippen LogP contribution is -2.58. The third-order valence-corrected chi connectivity index (χ3v) is 13.9. The van der Waals surface area contributed by atoms with Crippen LogP contribution in [0.5, 0.6) is 5.75 Å². The molecule has 59 heavy (non-hydrogen) atoms. The second kappa shape index (κ2) is 16.7. The average Bonchev–Trinajstić information content (AvgIpc) is 4.09. The van der Waals surface area contributed by atoms with Gasteiger partial charge in [0.25, 0.3) is 11.8 Å². The molecule has 6 atom stereocenters. The summed E-state index contributed by atoms with van der Waals surface area (Å²) >= 11 is 0. The highest BCUT2D eigenvalue weighted by molar-refractivity contribution is 7.91. The number of halogens is 1. The van der Waals surface area contributed by atoms with Gasteiger partial charge in [0.2, 0.25) is 21.8 Å². The maximum absolute atomic E-state index is 14.7. The number of likely N-dealkylation sites (tertiary alicyclic amines) is 1. The number of methoxy groups -OCH3 is 1. The molecule has 0 spiro atoms. The van der Waals surface area contributed by atoms with E-state index in [1.54, 1.807) is 29.2 Å². The van der Waals surface area contributed by atoms with Gasteiger partial charge in [-0.3, -0.25) is 28.7 Å². The van der Waals surface area contributed by atoms with Crippen LogP contribution in [0.25, 0.3) is 11.3 Å². The first-order valence-electron chi connectivity index (χ1n) is 20.6. The maximum Gasteiger partial charge on any atom is 0.306 e. The fourth-order valence-electron chi connectivity index (χ4n) is 8.63. The zero-order valence-electron chi connectivity index (χ0n) is 34.1. The predicted octanol–water partition coefficient (Wildman–Crippen LogP) is 4.39. The minimum atomic E-state index is -3.93. The molecule has 2 aliphatic carbocycles. The van der Waals surface area contributed by atoms with E-state index in [4.69, 9.17) is 9.47 Å². The molecule has 2 saturated carbocycles. The Morgan fingerprint density at radius 3 is 2.53 bits per heavy atom. The van der Waals surface area contributed by atoms with Crippen LogP contribution < -0.4 is 14.8 Å². The number of hydrogen-bond acceptors (Lipinski definition) is 10. The average molecular weight is 836 g/mol. The Balaban J connectivity index is 1.17. The number of pyridine rings is 1. The van der Waals surface area contributed by atoms with Crippen molar-refractivity contribution in [2.45, 2.75) is 95.4 Å². The molecule has 3 aliphatic heterocycles. The van der Waals surface area contributed by atoms with Crippen LogP contribution >= 0.6 is 0 Å². The molecule has 2 saturated heterocycles. The molecular weight excluding hydrogens is 782 g/mol. The van der Waals surface area contributed by atoms with Gasteiger partial charge in [0.15, 0.2) is 11.6 Å². The van der Waals surface area contributed by atoms with Gasteiger partial charge < -0.3 is 24.6 Å². The molecule has 4 amide bonds. The highest BCUT2D eigenvalue weighted by Crippen LogP contribution is 2.47. The highest BCUT2D eigenvalue weighted by Gasteiger charge is 2.63. The third kappa shape index (κ3) is 9.32. The number of carbonyl (C=O) groups excluding carboxylic acids is 5. The summed E-state index contributed by atoms with van der Waals surface area (Å²) in [7, 11) is -2.56. The lowest BCUT2D eigenvalue weighted by molar-refractivity contribution is -0.152. The van der Waals surface area contributed by atoms with E-state index in [0.717, 1.165) is 12.8 Å². The lowest BCUT2D eigenvalue weighted by atomic mass is 9.92. The van der Waals surface area contributed by atoms with Crippen molar-refractivity contribution in [3.8, 4) is 17.0 Å². The number of fused-ring (bicyclic) bond motifs is 4. The zero-order valence-corrected chi connectivity index (χ0v) is 34.9. The number of rotatable bonds is 9. The summed E-state index contributed by atoms with van der Waals surface area (Å²) in [6.07, 6.45) is 8.08. The molecule has 318 valence electrons. The highest BCUT2D eigenvalue weighted by atomic mass is 32.2.